The Hall–Kier alpha value is -1.60. The molecule has 6 nitrogen and oxygen atoms in total. The van der Waals surface area contributed by atoms with Gasteiger partial charge in [-0.1, -0.05) is 0 Å². The molecule has 2 rings (SSSR count). The number of rotatable bonds is 5. The molecule has 1 saturated carbocycles. The Morgan fingerprint density at radius 2 is 2.05 bits per heavy atom. The van der Waals surface area contributed by atoms with Crippen LogP contribution in [-0.2, 0) is 10.0 Å². The Kier molecular flexibility index (Phi) is 4.01. The Bertz CT molecular complexity index is 621. The summed E-state index contributed by atoms with van der Waals surface area (Å²) in [4.78, 5) is 11.7. The van der Waals surface area contributed by atoms with Crippen molar-refractivity contribution in [2.45, 2.75) is 43.7 Å². The first-order valence-corrected chi connectivity index (χ1v) is 7.96. The molecule has 0 unspecified atom stereocenters. The maximum atomic E-state index is 11.9. The lowest BCUT2D eigenvalue weighted by Gasteiger charge is -2.14. The van der Waals surface area contributed by atoms with E-state index in [-0.39, 0.29) is 34.3 Å². The van der Waals surface area contributed by atoms with E-state index in [0.29, 0.717) is 0 Å². The van der Waals surface area contributed by atoms with Crippen molar-refractivity contribution in [1.82, 2.24) is 5.32 Å². The van der Waals surface area contributed by atoms with Crippen LogP contribution in [0.25, 0.3) is 0 Å². The van der Waals surface area contributed by atoms with Gasteiger partial charge in [-0.25, -0.2) is 13.6 Å². The van der Waals surface area contributed by atoms with Gasteiger partial charge in [0.15, 0.2) is 0 Å². The van der Waals surface area contributed by atoms with Crippen LogP contribution in [0, 0.1) is 0 Å². The zero-order chi connectivity index (χ0) is 14.9. The number of carbonyl (C=O) groups is 1. The number of primary sulfonamides is 1. The van der Waals surface area contributed by atoms with E-state index in [2.05, 4.69) is 5.32 Å². The highest BCUT2D eigenvalue weighted by Crippen LogP contribution is 2.26. The van der Waals surface area contributed by atoms with Gasteiger partial charge in [-0.15, -0.1) is 0 Å². The van der Waals surface area contributed by atoms with Gasteiger partial charge < -0.3 is 10.1 Å². The van der Waals surface area contributed by atoms with E-state index >= 15 is 0 Å². The van der Waals surface area contributed by atoms with E-state index in [0.717, 1.165) is 12.8 Å². The SMILES string of the molecule is CC(C)Oc1ccc(C(=O)NC2CC2)cc1S(N)(=O)=O. The summed E-state index contributed by atoms with van der Waals surface area (Å²) in [5.74, 6) is -0.140. The molecule has 0 spiro atoms. The van der Waals surface area contributed by atoms with Crippen molar-refractivity contribution >= 4 is 15.9 Å². The molecule has 0 saturated heterocycles. The van der Waals surface area contributed by atoms with Crippen LogP contribution in [0.5, 0.6) is 5.75 Å². The molecule has 0 aliphatic heterocycles. The number of amides is 1. The number of ether oxygens (including phenoxy) is 1. The maximum absolute atomic E-state index is 11.9. The molecule has 1 amide bonds. The molecule has 1 aliphatic carbocycles. The lowest BCUT2D eigenvalue weighted by molar-refractivity contribution is 0.0951. The van der Waals surface area contributed by atoms with Crippen molar-refractivity contribution < 1.29 is 17.9 Å². The minimum atomic E-state index is -3.95. The summed E-state index contributed by atoms with van der Waals surface area (Å²) in [5.41, 5.74) is 0.261. The van der Waals surface area contributed by atoms with Crippen molar-refractivity contribution in [3.05, 3.63) is 23.8 Å². The third-order valence-corrected chi connectivity index (χ3v) is 3.72. The average molecular weight is 298 g/mol. The number of benzene rings is 1. The second-order valence-corrected chi connectivity index (χ2v) is 6.65. The zero-order valence-corrected chi connectivity index (χ0v) is 12.2. The molecule has 0 aromatic heterocycles. The van der Waals surface area contributed by atoms with Crippen molar-refractivity contribution in [2.75, 3.05) is 0 Å². The molecule has 1 aromatic carbocycles. The van der Waals surface area contributed by atoms with E-state index in [9.17, 15) is 13.2 Å². The van der Waals surface area contributed by atoms with Gasteiger partial charge in [0.2, 0.25) is 10.0 Å². The number of hydrogen-bond acceptors (Lipinski definition) is 4. The largest absolute Gasteiger partial charge is 0.490 e. The molecule has 0 atom stereocenters. The predicted molar refractivity (Wildman–Crippen MR) is 74.1 cm³/mol. The average Bonchev–Trinajstić information content (AvgIpc) is 3.11. The fourth-order valence-electron chi connectivity index (χ4n) is 1.72. The summed E-state index contributed by atoms with van der Waals surface area (Å²) < 4.78 is 28.6. The fraction of sp³-hybridized carbons (Fsp3) is 0.462. The third kappa shape index (κ3) is 3.71. The first-order valence-electron chi connectivity index (χ1n) is 6.42. The van der Waals surface area contributed by atoms with Crippen LogP contribution < -0.4 is 15.2 Å². The van der Waals surface area contributed by atoms with Crippen LogP contribution in [0.1, 0.15) is 37.0 Å². The van der Waals surface area contributed by atoms with Crippen molar-refractivity contribution in [3.8, 4) is 5.75 Å². The van der Waals surface area contributed by atoms with Crippen LogP contribution in [-0.4, -0.2) is 26.5 Å². The van der Waals surface area contributed by atoms with Gasteiger partial charge in [0, 0.05) is 11.6 Å². The number of nitrogens with two attached hydrogens (primary N) is 1. The zero-order valence-electron chi connectivity index (χ0n) is 11.4. The number of sulfonamides is 1. The van der Waals surface area contributed by atoms with Crippen molar-refractivity contribution in [2.24, 2.45) is 5.14 Å². The molecule has 0 bridgehead atoms. The van der Waals surface area contributed by atoms with Crippen molar-refractivity contribution in [3.63, 3.8) is 0 Å². The van der Waals surface area contributed by atoms with Crippen LogP contribution in [0.15, 0.2) is 23.1 Å². The summed E-state index contributed by atoms with van der Waals surface area (Å²) in [6.07, 6.45) is 1.73. The van der Waals surface area contributed by atoms with Crippen LogP contribution in [0.2, 0.25) is 0 Å². The lowest BCUT2D eigenvalue weighted by atomic mass is 10.2. The second kappa shape index (κ2) is 5.41. The van der Waals surface area contributed by atoms with Gasteiger partial charge in [0.05, 0.1) is 6.10 Å². The summed E-state index contributed by atoms with van der Waals surface area (Å²) in [6.45, 7) is 3.56. The molecule has 1 aliphatic rings. The molecule has 20 heavy (non-hydrogen) atoms. The van der Waals surface area contributed by atoms with E-state index in [1.807, 2.05) is 0 Å². The molecule has 7 heteroatoms. The van der Waals surface area contributed by atoms with Crippen LogP contribution in [0.4, 0.5) is 0 Å². The van der Waals surface area contributed by atoms with Crippen LogP contribution in [0.3, 0.4) is 0 Å². The molecule has 0 heterocycles. The Balaban J connectivity index is 2.34. The van der Waals surface area contributed by atoms with Crippen LogP contribution >= 0.6 is 0 Å². The smallest absolute Gasteiger partial charge is 0.251 e. The molecular formula is C13H18N2O4S. The standard InChI is InChI=1S/C13H18N2O4S/c1-8(2)19-11-6-3-9(7-12(11)20(14,17)18)13(16)15-10-4-5-10/h3,6-8,10H,4-5H2,1-2H3,(H,15,16)(H2,14,17,18). The Morgan fingerprint density at radius 3 is 2.55 bits per heavy atom. The number of nitrogens with one attached hydrogen (secondary N) is 1. The summed E-state index contributed by atoms with van der Waals surface area (Å²) in [5, 5.41) is 7.97. The monoisotopic (exact) mass is 298 g/mol. The number of hydrogen-bond donors (Lipinski definition) is 2. The van der Waals surface area contributed by atoms with E-state index in [1.165, 1.54) is 18.2 Å². The Morgan fingerprint density at radius 1 is 1.40 bits per heavy atom. The first-order chi connectivity index (χ1) is 9.27. The highest BCUT2D eigenvalue weighted by Gasteiger charge is 2.25. The lowest BCUT2D eigenvalue weighted by Crippen LogP contribution is -2.26. The number of carbonyl (C=O) groups excluding carboxylic acids is 1. The molecule has 1 aromatic rings. The Labute approximate surface area is 118 Å². The molecule has 3 N–H and O–H groups in total. The van der Waals surface area contributed by atoms with Gasteiger partial charge >= 0.3 is 0 Å². The topological polar surface area (TPSA) is 98.5 Å². The van der Waals surface area contributed by atoms with Gasteiger partial charge in [-0.2, -0.15) is 0 Å². The normalized spacial score (nSPS) is 15.2. The summed E-state index contributed by atoms with van der Waals surface area (Å²) in [7, 11) is -3.95. The molecule has 1 fully saturated rings. The fourth-order valence-corrected chi connectivity index (χ4v) is 2.41. The van der Waals surface area contributed by atoms with Crippen molar-refractivity contribution in [1.29, 1.82) is 0 Å². The van der Waals surface area contributed by atoms with Gasteiger partial charge in [-0.05, 0) is 44.9 Å². The highest BCUT2D eigenvalue weighted by molar-refractivity contribution is 7.89. The molecule has 0 radical (unpaired) electrons. The highest BCUT2D eigenvalue weighted by atomic mass is 32.2. The minimum absolute atomic E-state index is 0.158. The van der Waals surface area contributed by atoms with E-state index in [1.54, 1.807) is 13.8 Å². The third-order valence-electron chi connectivity index (χ3n) is 2.79. The maximum Gasteiger partial charge on any atom is 0.251 e. The van der Waals surface area contributed by atoms with E-state index in [4.69, 9.17) is 9.88 Å². The summed E-state index contributed by atoms with van der Waals surface area (Å²) in [6, 6.07) is 4.45. The van der Waals surface area contributed by atoms with Gasteiger partial charge in [0.1, 0.15) is 10.6 Å². The first kappa shape index (κ1) is 14.8. The minimum Gasteiger partial charge on any atom is -0.490 e. The van der Waals surface area contributed by atoms with E-state index < -0.39 is 10.0 Å². The molecule has 110 valence electrons. The predicted octanol–water partition coefficient (Wildman–Crippen LogP) is 1.01. The summed E-state index contributed by atoms with van der Waals surface area (Å²) >= 11 is 0. The molecular weight excluding hydrogens is 280 g/mol. The van der Waals surface area contributed by atoms with Gasteiger partial charge in [0.25, 0.3) is 5.91 Å². The quantitative estimate of drug-likeness (QED) is 0.847. The second-order valence-electron chi connectivity index (χ2n) is 5.12. The van der Waals surface area contributed by atoms with Gasteiger partial charge in [-0.3, -0.25) is 4.79 Å².